The lowest BCUT2D eigenvalue weighted by Crippen LogP contribution is -2.38. The molecule has 4 nitrogen and oxygen atoms in total. The van der Waals surface area contributed by atoms with Crippen molar-refractivity contribution in [2.75, 3.05) is 18.1 Å². The zero-order valence-corrected chi connectivity index (χ0v) is 13.5. The van der Waals surface area contributed by atoms with Crippen LogP contribution in [0.4, 0.5) is 0 Å². The topological polar surface area (TPSA) is 51.0 Å². The zero-order chi connectivity index (χ0) is 13.6. The molecule has 2 aliphatic rings. The van der Waals surface area contributed by atoms with Gasteiger partial charge >= 0.3 is 0 Å². The maximum atomic E-state index is 5.38. The first-order valence-electron chi connectivity index (χ1n) is 7.64. The van der Waals surface area contributed by atoms with E-state index in [0.717, 1.165) is 41.4 Å². The monoisotopic (exact) mass is 313 g/mol. The SMILES string of the molecule is C1CCC(SCc2noc(CC3CSCCN3)n2)CC1. The van der Waals surface area contributed by atoms with E-state index >= 15 is 0 Å². The molecule has 0 amide bonds. The van der Waals surface area contributed by atoms with Crippen molar-refractivity contribution >= 4 is 23.5 Å². The second-order valence-corrected chi connectivity index (χ2v) is 8.04. The van der Waals surface area contributed by atoms with Crippen LogP contribution in [0.3, 0.4) is 0 Å². The molecule has 112 valence electrons. The van der Waals surface area contributed by atoms with Crippen LogP contribution in [0.1, 0.15) is 43.8 Å². The summed E-state index contributed by atoms with van der Waals surface area (Å²) in [4.78, 5) is 4.54. The molecular weight excluding hydrogens is 290 g/mol. The minimum Gasteiger partial charge on any atom is -0.339 e. The molecule has 3 rings (SSSR count). The number of hydrogen-bond donors (Lipinski definition) is 1. The first kappa shape index (κ1) is 14.7. The van der Waals surface area contributed by atoms with Gasteiger partial charge < -0.3 is 9.84 Å². The normalized spacial score (nSPS) is 24.9. The summed E-state index contributed by atoms with van der Waals surface area (Å²) >= 11 is 4.01. The van der Waals surface area contributed by atoms with Gasteiger partial charge in [0.25, 0.3) is 0 Å². The van der Waals surface area contributed by atoms with Gasteiger partial charge in [-0.2, -0.15) is 28.5 Å². The van der Waals surface area contributed by atoms with Crippen molar-refractivity contribution in [2.45, 2.75) is 55.6 Å². The summed E-state index contributed by atoms with van der Waals surface area (Å²) < 4.78 is 5.38. The third kappa shape index (κ3) is 4.40. The van der Waals surface area contributed by atoms with Crippen molar-refractivity contribution in [3.8, 4) is 0 Å². The maximum absolute atomic E-state index is 5.38. The van der Waals surface area contributed by atoms with Crippen LogP contribution in [-0.4, -0.2) is 39.5 Å². The van der Waals surface area contributed by atoms with Gasteiger partial charge in [0.05, 0.1) is 5.75 Å². The number of nitrogens with zero attached hydrogens (tertiary/aromatic N) is 2. The molecule has 2 fully saturated rings. The summed E-state index contributed by atoms with van der Waals surface area (Å²) in [7, 11) is 0. The lowest BCUT2D eigenvalue weighted by Gasteiger charge is -2.21. The average Bonchev–Trinajstić information content (AvgIpc) is 2.95. The van der Waals surface area contributed by atoms with E-state index in [-0.39, 0.29) is 0 Å². The molecule has 0 aromatic carbocycles. The molecule has 0 radical (unpaired) electrons. The van der Waals surface area contributed by atoms with Crippen molar-refractivity contribution < 1.29 is 4.52 Å². The minimum atomic E-state index is 0.494. The Balaban J connectivity index is 1.43. The molecule has 0 bridgehead atoms. The van der Waals surface area contributed by atoms with Gasteiger partial charge in [-0.15, -0.1) is 0 Å². The lowest BCUT2D eigenvalue weighted by atomic mass is 10.0. The fourth-order valence-corrected chi connectivity index (χ4v) is 4.94. The summed E-state index contributed by atoms with van der Waals surface area (Å²) in [5.74, 6) is 4.93. The van der Waals surface area contributed by atoms with Gasteiger partial charge in [0.1, 0.15) is 0 Å². The Labute approximate surface area is 129 Å². The molecule has 6 heteroatoms. The molecule has 1 saturated heterocycles. The van der Waals surface area contributed by atoms with E-state index in [1.165, 1.54) is 37.9 Å². The van der Waals surface area contributed by atoms with E-state index in [4.69, 9.17) is 4.52 Å². The Morgan fingerprint density at radius 3 is 3.00 bits per heavy atom. The minimum absolute atomic E-state index is 0.494. The van der Waals surface area contributed by atoms with E-state index in [0.29, 0.717) is 6.04 Å². The number of nitrogens with one attached hydrogen (secondary N) is 1. The van der Waals surface area contributed by atoms with Crippen LogP contribution in [0, 0.1) is 0 Å². The van der Waals surface area contributed by atoms with E-state index in [2.05, 4.69) is 15.5 Å². The molecule has 1 aromatic rings. The maximum Gasteiger partial charge on any atom is 0.228 e. The molecule has 2 heterocycles. The molecule has 0 spiro atoms. The predicted octanol–water partition coefficient (Wildman–Crippen LogP) is 2.88. The largest absolute Gasteiger partial charge is 0.339 e. The Hall–Kier alpha value is -0.200. The summed E-state index contributed by atoms with van der Waals surface area (Å²) in [6, 6.07) is 0.494. The Morgan fingerprint density at radius 1 is 1.30 bits per heavy atom. The number of hydrogen-bond acceptors (Lipinski definition) is 6. The van der Waals surface area contributed by atoms with Crippen molar-refractivity contribution in [1.29, 1.82) is 0 Å². The highest BCUT2D eigenvalue weighted by atomic mass is 32.2. The van der Waals surface area contributed by atoms with Crippen molar-refractivity contribution in [3.63, 3.8) is 0 Å². The summed E-state index contributed by atoms with van der Waals surface area (Å²) in [5.41, 5.74) is 0. The highest BCUT2D eigenvalue weighted by Crippen LogP contribution is 2.29. The van der Waals surface area contributed by atoms with E-state index in [9.17, 15) is 0 Å². The lowest BCUT2D eigenvalue weighted by molar-refractivity contribution is 0.359. The van der Waals surface area contributed by atoms with Crippen LogP contribution in [0.2, 0.25) is 0 Å². The average molecular weight is 313 g/mol. The van der Waals surface area contributed by atoms with Gasteiger partial charge in [0, 0.05) is 35.8 Å². The molecule has 1 N–H and O–H groups in total. The highest BCUT2D eigenvalue weighted by Gasteiger charge is 2.18. The van der Waals surface area contributed by atoms with Crippen LogP contribution in [0.5, 0.6) is 0 Å². The first-order valence-corrected chi connectivity index (χ1v) is 9.85. The Bertz CT molecular complexity index is 401. The quantitative estimate of drug-likeness (QED) is 0.902. The predicted molar refractivity (Wildman–Crippen MR) is 85.3 cm³/mol. The second-order valence-electron chi connectivity index (χ2n) is 5.61. The zero-order valence-electron chi connectivity index (χ0n) is 11.8. The Kier molecular flexibility index (Phi) is 5.67. The second kappa shape index (κ2) is 7.71. The van der Waals surface area contributed by atoms with Gasteiger partial charge in [0.2, 0.25) is 5.89 Å². The van der Waals surface area contributed by atoms with Gasteiger partial charge in [-0.25, -0.2) is 0 Å². The summed E-state index contributed by atoms with van der Waals surface area (Å²) in [6.07, 6.45) is 7.78. The standard InChI is InChI=1S/C14H23N3OS2/c1-2-4-12(5-3-1)20-10-13-16-14(18-17-13)8-11-9-19-7-6-15-11/h11-12,15H,1-10H2. The van der Waals surface area contributed by atoms with Gasteiger partial charge in [-0.05, 0) is 12.8 Å². The van der Waals surface area contributed by atoms with Crippen LogP contribution in [-0.2, 0) is 12.2 Å². The molecule has 20 heavy (non-hydrogen) atoms. The van der Waals surface area contributed by atoms with Crippen LogP contribution in [0.15, 0.2) is 4.52 Å². The molecular formula is C14H23N3OS2. The van der Waals surface area contributed by atoms with Gasteiger partial charge in [0.15, 0.2) is 5.82 Å². The molecule has 1 aliphatic carbocycles. The first-order chi connectivity index (χ1) is 9.90. The third-order valence-corrected chi connectivity index (χ3v) is 6.43. The van der Waals surface area contributed by atoms with E-state index in [1.54, 1.807) is 0 Å². The molecule has 1 aromatic heterocycles. The summed E-state index contributed by atoms with van der Waals surface area (Å²) in [6.45, 7) is 1.09. The van der Waals surface area contributed by atoms with Crippen molar-refractivity contribution in [3.05, 3.63) is 11.7 Å². The number of aromatic nitrogens is 2. The number of rotatable bonds is 5. The molecule has 1 aliphatic heterocycles. The molecule has 1 unspecified atom stereocenters. The number of thioether (sulfide) groups is 2. The molecule has 1 atom stereocenters. The highest BCUT2D eigenvalue weighted by molar-refractivity contribution is 7.99. The summed E-state index contributed by atoms with van der Waals surface area (Å²) in [5, 5.41) is 8.44. The van der Waals surface area contributed by atoms with Gasteiger partial charge in [-0.3, -0.25) is 0 Å². The fourth-order valence-electron chi connectivity index (χ4n) is 2.82. The third-order valence-electron chi connectivity index (χ3n) is 3.93. The Morgan fingerprint density at radius 2 is 2.20 bits per heavy atom. The van der Waals surface area contributed by atoms with E-state index in [1.807, 2.05) is 23.5 Å². The smallest absolute Gasteiger partial charge is 0.228 e. The van der Waals surface area contributed by atoms with Crippen molar-refractivity contribution in [1.82, 2.24) is 15.5 Å². The van der Waals surface area contributed by atoms with E-state index < -0.39 is 0 Å². The molecule has 1 saturated carbocycles. The van der Waals surface area contributed by atoms with Crippen LogP contribution >= 0.6 is 23.5 Å². The van der Waals surface area contributed by atoms with Crippen LogP contribution < -0.4 is 5.32 Å². The van der Waals surface area contributed by atoms with Gasteiger partial charge in [-0.1, -0.05) is 24.4 Å². The van der Waals surface area contributed by atoms with Crippen molar-refractivity contribution in [2.24, 2.45) is 0 Å². The van der Waals surface area contributed by atoms with Crippen LogP contribution in [0.25, 0.3) is 0 Å². The fraction of sp³-hybridized carbons (Fsp3) is 0.857.